The maximum atomic E-state index is 13.4. The highest BCUT2D eigenvalue weighted by atomic mass is 19.4. The molecule has 158 valence electrons. The number of hydrogen-bond donors (Lipinski definition) is 0. The van der Waals surface area contributed by atoms with Gasteiger partial charge in [0.2, 0.25) is 5.91 Å². The molecule has 6 nitrogen and oxygen atoms in total. The number of halogens is 3. The molecule has 1 aliphatic carbocycles. The number of carbonyl (C=O) groups is 1. The zero-order valence-corrected chi connectivity index (χ0v) is 16.5. The van der Waals surface area contributed by atoms with Crippen molar-refractivity contribution >= 4 is 5.91 Å². The van der Waals surface area contributed by atoms with Crippen LogP contribution in [0, 0.1) is 0 Å². The molecule has 1 fully saturated rings. The Bertz CT molecular complexity index is 887. The van der Waals surface area contributed by atoms with Crippen LogP contribution in [0.2, 0.25) is 0 Å². The van der Waals surface area contributed by atoms with Gasteiger partial charge in [0.15, 0.2) is 5.69 Å². The van der Waals surface area contributed by atoms with E-state index in [0.717, 1.165) is 50.0 Å². The Morgan fingerprint density at radius 3 is 2.83 bits per heavy atom. The molecule has 1 saturated heterocycles. The molecule has 1 aliphatic heterocycles. The van der Waals surface area contributed by atoms with E-state index in [0.29, 0.717) is 25.1 Å². The SMILES string of the molecule is CCCc1cc([C@H]2CCCN2C(=O)Cn2nc(C(F)(F)F)c3c2CCCC3)no1. The molecule has 0 bridgehead atoms. The monoisotopic (exact) mass is 410 g/mol. The number of fused-ring (bicyclic) bond motifs is 1. The minimum Gasteiger partial charge on any atom is -0.361 e. The standard InChI is InChI=1S/C20H25F3N4O2/c1-2-6-13-11-15(25-29-13)17-9-5-10-26(17)18(28)12-27-16-8-4-3-7-14(16)19(24-27)20(21,22)23/h11,17H,2-10,12H2,1H3/t17-/m1/s1. The number of alkyl halides is 3. The summed E-state index contributed by atoms with van der Waals surface area (Å²) in [5.74, 6) is 0.565. The normalized spacial score (nSPS) is 19.6. The molecule has 3 heterocycles. The summed E-state index contributed by atoms with van der Waals surface area (Å²) >= 11 is 0. The van der Waals surface area contributed by atoms with Crippen molar-refractivity contribution in [1.82, 2.24) is 19.8 Å². The van der Waals surface area contributed by atoms with Gasteiger partial charge in [-0.15, -0.1) is 0 Å². The molecule has 0 aromatic carbocycles. The summed E-state index contributed by atoms with van der Waals surface area (Å²) in [7, 11) is 0. The van der Waals surface area contributed by atoms with E-state index in [1.54, 1.807) is 4.90 Å². The zero-order valence-electron chi connectivity index (χ0n) is 16.5. The molecule has 9 heteroatoms. The molecule has 0 spiro atoms. The van der Waals surface area contributed by atoms with E-state index in [2.05, 4.69) is 10.3 Å². The molecule has 0 unspecified atom stereocenters. The van der Waals surface area contributed by atoms with Crippen LogP contribution in [0.15, 0.2) is 10.6 Å². The van der Waals surface area contributed by atoms with Crippen molar-refractivity contribution in [3.8, 4) is 0 Å². The van der Waals surface area contributed by atoms with Gasteiger partial charge in [0.1, 0.15) is 18.0 Å². The van der Waals surface area contributed by atoms with Crippen molar-refractivity contribution < 1.29 is 22.5 Å². The topological polar surface area (TPSA) is 64.2 Å². The van der Waals surface area contributed by atoms with Gasteiger partial charge in [-0.2, -0.15) is 18.3 Å². The first-order valence-corrected chi connectivity index (χ1v) is 10.3. The van der Waals surface area contributed by atoms with Gasteiger partial charge in [-0.1, -0.05) is 12.1 Å². The lowest BCUT2D eigenvalue weighted by Gasteiger charge is -2.23. The molecule has 2 aliphatic rings. The lowest BCUT2D eigenvalue weighted by molar-refractivity contribution is -0.142. The molecule has 0 radical (unpaired) electrons. The van der Waals surface area contributed by atoms with Crippen molar-refractivity contribution in [3.63, 3.8) is 0 Å². The molecule has 1 atom stereocenters. The number of hydrogen-bond acceptors (Lipinski definition) is 4. The number of aromatic nitrogens is 3. The molecule has 0 N–H and O–H groups in total. The summed E-state index contributed by atoms with van der Waals surface area (Å²) < 4.78 is 46.8. The van der Waals surface area contributed by atoms with Crippen LogP contribution in [0.5, 0.6) is 0 Å². The number of nitrogens with zero attached hydrogens (tertiary/aromatic N) is 4. The van der Waals surface area contributed by atoms with Gasteiger partial charge in [0.25, 0.3) is 0 Å². The van der Waals surface area contributed by atoms with Crippen LogP contribution in [0.3, 0.4) is 0 Å². The summed E-state index contributed by atoms with van der Waals surface area (Å²) in [6, 6.07) is 1.70. The molecule has 29 heavy (non-hydrogen) atoms. The summed E-state index contributed by atoms with van der Waals surface area (Å²) in [6.07, 6.45) is 1.25. The minimum absolute atomic E-state index is 0.172. The fourth-order valence-electron chi connectivity index (χ4n) is 4.47. The Morgan fingerprint density at radius 1 is 1.28 bits per heavy atom. The predicted octanol–water partition coefficient (Wildman–Crippen LogP) is 4.08. The van der Waals surface area contributed by atoms with Crippen LogP contribution in [0.25, 0.3) is 0 Å². The fraction of sp³-hybridized carbons (Fsp3) is 0.650. The highest BCUT2D eigenvalue weighted by molar-refractivity contribution is 5.77. The number of rotatable bonds is 5. The highest BCUT2D eigenvalue weighted by Gasteiger charge is 2.40. The van der Waals surface area contributed by atoms with E-state index < -0.39 is 11.9 Å². The Balaban J connectivity index is 1.55. The largest absolute Gasteiger partial charge is 0.435 e. The van der Waals surface area contributed by atoms with Crippen molar-refractivity contribution in [2.45, 2.75) is 77.1 Å². The van der Waals surface area contributed by atoms with Crippen LogP contribution < -0.4 is 0 Å². The first-order chi connectivity index (χ1) is 13.9. The minimum atomic E-state index is -4.50. The first kappa shape index (κ1) is 20.0. The van der Waals surface area contributed by atoms with Crippen molar-refractivity contribution in [2.24, 2.45) is 0 Å². The average Bonchev–Trinajstić information content (AvgIpc) is 3.39. The third-order valence-corrected chi connectivity index (χ3v) is 5.80. The van der Waals surface area contributed by atoms with Crippen LogP contribution in [0.1, 0.15) is 73.5 Å². The summed E-state index contributed by atoms with van der Waals surface area (Å²) in [6.45, 7) is 2.44. The van der Waals surface area contributed by atoms with Crippen LogP contribution in [0.4, 0.5) is 13.2 Å². The van der Waals surface area contributed by atoms with E-state index in [9.17, 15) is 18.0 Å². The van der Waals surface area contributed by atoms with Gasteiger partial charge in [0.05, 0.1) is 6.04 Å². The Labute approximate surface area is 167 Å². The molecule has 4 rings (SSSR count). The predicted molar refractivity (Wildman–Crippen MR) is 98.1 cm³/mol. The van der Waals surface area contributed by atoms with Crippen molar-refractivity contribution in [3.05, 3.63) is 34.5 Å². The number of carbonyl (C=O) groups excluding carboxylic acids is 1. The van der Waals surface area contributed by atoms with Crippen molar-refractivity contribution in [2.75, 3.05) is 6.54 Å². The smallest absolute Gasteiger partial charge is 0.361 e. The van der Waals surface area contributed by atoms with E-state index in [1.807, 2.05) is 13.0 Å². The van der Waals surface area contributed by atoms with Crippen LogP contribution >= 0.6 is 0 Å². The van der Waals surface area contributed by atoms with E-state index >= 15 is 0 Å². The third kappa shape index (κ3) is 3.91. The molecule has 2 aromatic rings. The van der Waals surface area contributed by atoms with Gasteiger partial charge >= 0.3 is 6.18 Å². The molecule has 1 amide bonds. The maximum Gasteiger partial charge on any atom is 0.435 e. The second-order valence-electron chi connectivity index (χ2n) is 7.85. The Morgan fingerprint density at radius 2 is 2.07 bits per heavy atom. The summed E-state index contributed by atoms with van der Waals surface area (Å²) in [5.41, 5.74) is 0.700. The van der Waals surface area contributed by atoms with E-state index in [4.69, 9.17) is 4.52 Å². The molecule has 2 aromatic heterocycles. The fourth-order valence-corrected chi connectivity index (χ4v) is 4.47. The second-order valence-corrected chi connectivity index (χ2v) is 7.85. The van der Waals surface area contributed by atoms with Gasteiger partial charge < -0.3 is 9.42 Å². The van der Waals surface area contributed by atoms with E-state index in [1.165, 1.54) is 4.68 Å². The highest BCUT2D eigenvalue weighted by Crippen LogP contribution is 2.36. The Kier molecular flexibility index (Phi) is 5.40. The first-order valence-electron chi connectivity index (χ1n) is 10.3. The molecular formula is C20H25F3N4O2. The molecule has 0 saturated carbocycles. The number of likely N-dealkylation sites (tertiary alicyclic amines) is 1. The average molecular weight is 410 g/mol. The summed E-state index contributed by atoms with van der Waals surface area (Å²) in [4.78, 5) is 14.7. The number of aryl methyl sites for hydroxylation is 1. The zero-order chi connectivity index (χ0) is 20.6. The van der Waals surface area contributed by atoms with Gasteiger partial charge in [0, 0.05) is 30.3 Å². The lowest BCUT2D eigenvalue weighted by Crippen LogP contribution is -2.34. The Hall–Kier alpha value is -2.32. The summed E-state index contributed by atoms with van der Waals surface area (Å²) in [5, 5.41) is 7.93. The van der Waals surface area contributed by atoms with E-state index in [-0.39, 0.29) is 24.1 Å². The van der Waals surface area contributed by atoms with Gasteiger partial charge in [-0.25, -0.2) is 0 Å². The van der Waals surface area contributed by atoms with Crippen LogP contribution in [-0.4, -0.2) is 32.3 Å². The van der Waals surface area contributed by atoms with Crippen molar-refractivity contribution in [1.29, 1.82) is 0 Å². The second kappa shape index (κ2) is 7.84. The van der Waals surface area contributed by atoms with Gasteiger partial charge in [-0.3, -0.25) is 9.48 Å². The number of amides is 1. The quantitative estimate of drug-likeness (QED) is 0.745. The van der Waals surface area contributed by atoms with Gasteiger partial charge in [-0.05, 0) is 44.9 Å². The maximum absolute atomic E-state index is 13.4. The molecular weight excluding hydrogens is 385 g/mol. The lowest BCUT2D eigenvalue weighted by atomic mass is 9.95. The third-order valence-electron chi connectivity index (χ3n) is 5.80. The van der Waals surface area contributed by atoms with Crippen LogP contribution in [-0.2, 0) is 36.8 Å².